The maximum Gasteiger partial charge on any atom is 0.227 e. The number of carbonyl (C=O) groups excluding carboxylic acids is 2. The van der Waals surface area contributed by atoms with Gasteiger partial charge in [-0.1, -0.05) is 0 Å². The van der Waals surface area contributed by atoms with E-state index in [1.165, 1.54) is 0 Å². The van der Waals surface area contributed by atoms with Crippen molar-refractivity contribution in [3.8, 4) is 0 Å². The van der Waals surface area contributed by atoms with Crippen LogP contribution in [0.25, 0.3) is 0 Å². The summed E-state index contributed by atoms with van der Waals surface area (Å²) in [7, 11) is 0. The molecule has 0 aliphatic carbocycles. The van der Waals surface area contributed by atoms with Crippen molar-refractivity contribution in [2.45, 2.75) is 0 Å². The van der Waals surface area contributed by atoms with Crippen LogP contribution < -0.4 is 0 Å². The average molecular weight is 404 g/mol. The van der Waals surface area contributed by atoms with Gasteiger partial charge in [0.05, 0.1) is 0 Å². The Morgan fingerprint density at radius 1 is 0.708 bits per heavy atom. The topological polar surface area (TPSA) is 58.9 Å². The minimum absolute atomic E-state index is 0. The predicted molar refractivity (Wildman–Crippen MR) is 66.0 cm³/mol. The van der Waals surface area contributed by atoms with Crippen molar-refractivity contribution in [2.24, 2.45) is 9.98 Å². The van der Waals surface area contributed by atoms with Gasteiger partial charge in [0.15, 0.2) is 0 Å². The third kappa shape index (κ3) is 8.27. The molecule has 120 valence electrons. The largest absolute Gasteiger partial charge is 0.236 e. The summed E-state index contributed by atoms with van der Waals surface area (Å²) in [6, 6.07) is 7.42. The first kappa shape index (κ1) is 24.6. The molecule has 0 aliphatic rings. The Bertz CT molecular complexity index is 712. The number of nitrogens with zero attached hydrogens (tertiary/aromatic N) is 2. The van der Waals surface area contributed by atoms with Crippen molar-refractivity contribution in [2.75, 3.05) is 0 Å². The molecule has 0 saturated carbocycles. The van der Waals surface area contributed by atoms with Gasteiger partial charge in [-0.25, -0.2) is 37.1 Å². The number of hydrogen-bond donors (Lipinski definition) is 0. The molecule has 4 nitrogen and oxygen atoms in total. The molecule has 0 unspecified atom stereocenters. The summed E-state index contributed by atoms with van der Waals surface area (Å²) < 4.78 is 49.2. The molecule has 0 aromatic heterocycles. The molecule has 2 rings (SSSR count). The van der Waals surface area contributed by atoms with Gasteiger partial charge in [-0.15, -0.1) is 36.4 Å². The van der Waals surface area contributed by atoms with Crippen LogP contribution in [0, 0.1) is 35.4 Å². The fourth-order valence-corrected chi connectivity index (χ4v) is 1.14. The zero-order valence-corrected chi connectivity index (χ0v) is 14.7. The smallest absolute Gasteiger partial charge is 0.227 e. The van der Waals surface area contributed by atoms with E-state index in [1.807, 2.05) is 0 Å². The molecular weight excluding hydrogens is 400 g/mol. The quantitative estimate of drug-likeness (QED) is 0.253. The van der Waals surface area contributed by atoms with E-state index < -0.39 is 23.3 Å². The zero-order valence-electron chi connectivity index (χ0n) is 11.5. The Morgan fingerprint density at radius 3 is 1.29 bits per heavy atom. The Balaban J connectivity index is 0. The fraction of sp³-hybridized carbons (Fsp3) is 0. The molecule has 0 fully saturated rings. The fourth-order valence-electron chi connectivity index (χ4n) is 1.14. The SMILES string of the molecule is O=C=Nc1ccc(F)[c-]c1F.O=C=Nc1ccc(F)[c-]c1F.[Ti].[Ti]. The Labute approximate surface area is 163 Å². The third-order valence-corrected chi connectivity index (χ3v) is 2.02. The van der Waals surface area contributed by atoms with E-state index in [1.54, 1.807) is 12.1 Å². The maximum atomic E-state index is 12.5. The summed E-state index contributed by atoms with van der Waals surface area (Å²) in [5.41, 5.74) is -0.525. The van der Waals surface area contributed by atoms with Gasteiger partial charge in [-0.2, -0.15) is 0 Å². The van der Waals surface area contributed by atoms with Gasteiger partial charge in [0.1, 0.15) is 0 Å². The van der Waals surface area contributed by atoms with E-state index in [-0.39, 0.29) is 54.8 Å². The van der Waals surface area contributed by atoms with Gasteiger partial charge in [0.2, 0.25) is 12.2 Å². The Hall–Kier alpha value is -1.65. The molecule has 0 amide bonds. The summed E-state index contributed by atoms with van der Waals surface area (Å²) in [4.78, 5) is 25.2. The molecule has 0 radical (unpaired) electrons. The number of benzene rings is 2. The van der Waals surface area contributed by atoms with E-state index in [0.29, 0.717) is 0 Å². The molecule has 0 aliphatic heterocycles. The van der Waals surface area contributed by atoms with Crippen LogP contribution in [0.4, 0.5) is 28.9 Å². The molecule has 24 heavy (non-hydrogen) atoms. The molecule has 0 heterocycles. The summed E-state index contributed by atoms with van der Waals surface area (Å²) in [5.74, 6) is -3.64. The Morgan fingerprint density at radius 2 is 1.04 bits per heavy atom. The van der Waals surface area contributed by atoms with Crippen molar-refractivity contribution in [1.29, 1.82) is 0 Å². The van der Waals surface area contributed by atoms with E-state index >= 15 is 0 Å². The number of aliphatic imine (C=N–C) groups is 2. The van der Waals surface area contributed by atoms with E-state index in [0.717, 1.165) is 36.4 Å². The molecule has 0 atom stereocenters. The average Bonchev–Trinajstić information content (AvgIpc) is 2.46. The first-order chi connectivity index (χ1) is 10.5. The van der Waals surface area contributed by atoms with Crippen molar-refractivity contribution in [1.82, 2.24) is 0 Å². The summed E-state index contributed by atoms with van der Waals surface area (Å²) in [6.45, 7) is 0. The molecule has 0 bridgehead atoms. The van der Waals surface area contributed by atoms with Crippen LogP contribution in [-0.4, -0.2) is 12.2 Å². The summed E-state index contributed by atoms with van der Waals surface area (Å²) >= 11 is 0. The molecule has 10 heteroatoms. The van der Waals surface area contributed by atoms with Crippen LogP contribution in [0.2, 0.25) is 0 Å². The van der Waals surface area contributed by atoms with Crippen LogP contribution in [0.3, 0.4) is 0 Å². The molecule has 2 aromatic rings. The second kappa shape index (κ2) is 12.7. The van der Waals surface area contributed by atoms with Gasteiger partial charge in [-0.05, 0) is 0 Å². The second-order valence-corrected chi connectivity index (χ2v) is 3.42. The van der Waals surface area contributed by atoms with Crippen molar-refractivity contribution in [3.63, 3.8) is 0 Å². The standard InChI is InChI=1S/2C7H2F2NO.2Ti/c2*8-5-1-2-7(10-4-11)6(9)3-5;;/h2*1-2H;;/q2*-1;;. The summed E-state index contributed by atoms with van der Waals surface area (Å²) in [5, 5.41) is 0. The number of rotatable bonds is 2. The van der Waals surface area contributed by atoms with Crippen molar-refractivity contribution < 1.29 is 70.6 Å². The molecule has 0 saturated heterocycles. The molecule has 0 spiro atoms. The van der Waals surface area contributed by atoms with Gasteiger partial charge in [0.25, 0.3) is 0 Å². The van der Waals surface area contributed by atoms with E-state index in [9.17, 15) is 27.2 Å². The zero-order chi connectivity index (χ0) is 16.5. The van der Waals surface area contributed by atoms with Crippen molar-refractivity contribution in [3.05, 3.63) is 59.7 Å². The van der Waals surface area contributed by atoms with Gasteiger partial charge < -0.3 is 0 Å². The van der Waals surface area contributed by atoms with E-state index in [2.05, 4.69) is 9.98 Å². The van der Waals surface area contributed by atoms with Crippen molar-refractivity contribution >= 4 is 23.5 Å². The maximum absolute atomic E-state index is 12.5. The van der Waals surface area contributed by atoms with Crippen LogP contribution in [0.15, 0.2) is 34.3 Å². The minimum atomic E-state index is -0.992. The second-order valence-electron chi connectivity index (χ2n) is 3.42. The number of halogens is 4. The Kier molecular flexibility index (Phi) is 13.1. The first-order valence-corrected chi connectivity index (χ1v) is 5.38. The van der Waals surface area contributed by atoms with Crippen LogP contribution in [-0.2, 0) is 53.0 Å². The van der Waals surface area contributed by atoms with Gasteiger partial charge in [0, 0.05) is 78.1 Å². The number of hydrogen-bond acceptors (Lipinski definition) is 4. The predicted octanol–water partition coefficient (Wildman–Crippen LogP) is 3.46. The van der Waals surface area contributed by atoms with Gasteiger partial charge in [-0.3, -0.25) is 0 Å². The summed E-state index contributed by atoms with van der Waals surface area (Å²) in [6.07, 6.45) is 2.27. The van der Waals surface area contributed by atoms with Crippen LogP contribution in [0.1, 0.15) is 0 Å². The normalized spacial score (nSPS) is 8.17. The van der Waals surface area contributed by atoms with E-state index in [4.69, 9.17) is 0 Å². The monoisotopic (exact) mass is 404 g/mol. The minimum Gasteiger partial charge on any atom is -0.236 e. The molecular formula is C14H4F4N2O2Ti2-2. The van der Waals surface area contributed by atoms with Crippen LogP contribution in [0.5, 0.6) is 0 Å². The first-order valence-electron chi connectivity index (χ1n) is 5.38. The number of isocyanates is 2. The van der Waals surface area contributed by atoms with Crippen LogP contribution >= 0.6 is 0 Å². The third-order valence-electron chi connectivity index (χ3n) is 2.02. The molecule has 0 N–H and O–H groups in total. The molecule has 2 aromatic carbocycles. The van der Waals surface area contributed by atoms with Gasteiger partial charge >= 0.3 is 0 Å².